The predicted octanol–water partition coefficient (Wildman–Crippen LogP) is 3.31. The summed E-state index contributed by atoms with van der Waals surface area (Å²) in [6.07, 6.45) is 1.46. The first-order chi connectivity index (χ1) is 10.1. The second-order valence-corrected chi connectivity index (χ2v) is 4.92. The normalized spacial score (nSPS) is 16.8. The molecule has 0 saturated carbocycles. The van der Waals surface area contributed by atoms with Crippen molar-refractivity contribution in [1.29, 1.82) is 0 Å². The number of carboxylic acids is 1. The highest BCUT2D eigenvalue weighted by molar-refractivity contribution is 5.87. The molecule has 2 aromatic rings. The summed E-state index contributed by atoms with van der Waals surface area (Å²) in [7, 11) is 0. The molecule has 1 unspecified atom stereocenters. The molecular formula is C17H15NO3. The molecule has 0 aliphatic carbocycles. The summed E-state index contributed by atoms with van der Waals surface area (Å²) in [6, 6.07) is 14.7. The van der Waals surface area contributed by atoms with Gasteiger partial charge in [0.25, 0.3) is 0 Å². The van der Waals surface area contributed by atoms with Gasteiger partial charge in [0.2, 0.25) is 0 Å². The van der Waals surface area contributed by atoms with Crippen molar-refractivity contribution >= 4 is 11.7 Å². The van der Waals surface area contributed by atoms with E-state index in [2.05, 4.69) is 5.32 Å². The molecule has 1 atom stereocenters. The summed E-state index contributed by atoms with van der Waals surface area (Å²) in [5.74, 6) is -0.180. The molecule has 1 aliphatic rings. The van der Waals surface area contributed by atoms with Crippen LogP contribution >= 0.6 is 0 Å². The van der Waals surface area contributed by atoms with E-state index < -0.39 is 5.97 Å². The lowest BCUT2D eigenvalue weighted by Gasteiger charge is -2.15. The van der Waals surface area contributed by atoms with Gasteiger partial charge < -0.3 is 15.2 Å². The molecule has 0 saturated heterocycles. The van der Waals surface area contributed by atoms with E-state index in [0.717, 1.165) is 22.4 Å². The fourth-order valence-corrected chi connectivity index (χ4v) is 2.34. The minimum Gasteiger partial charge on any atom is -0.478 e. The molecule has 0 fully saturated rings. The van der Waals surface area contributed by atoms with Gasteiger partial charge in [-0.05, 0) is 24.6 Å². The Hall–Kier alpha value is -2.75. The molecule has 1 heterocycles. The van der Waals surface area contributed by atoms with Crippen molar-refractivity contribution in [3.63, 3.8) is 0 Å². The van der Waals surface area contributed by atoms with E-state index in [1.54, 1.807) is 18.2 Å². The zero-order chi connectivity index (χ0) is 14.8. The summed E-state index contributed by atoms with van der Waals surface area (Å²) in [5, 5.41) is 12.2. The molecule has 0 radical (unpaired) electrons. The van der Waals surface area contributed by atoms with Gasteiger partial charge in [0.15, 0.2) is 6.23 Å². The first-order valence-corrected chi connectivity index (χ1v) is 6.67. The van der Waals surface area contributed by atoms with Gasteiger partial charge in [-0.3, -0.25) is 0 Å². The minimum atomic E-state index is -0.943. The number of carbonyl (C=O) groups is 1. The highest BCUT2D eigenvalue weighted by Gasteiger charge is 2.21. The average Bonchev–Trinajstić information content (AvgIpc) is 2.97. The molecule has 0 amide bonds. The maximum Gasteiger partial charge on any atom is 0.335 e. The molecule has 3 rings (SSSR count). The van der Waals surface area contributed by atoms with E-state index >= 15 is 0 Å². The van der Waals surface area contributed by atoms with Crippen molar-refractivity contribution in [2.24, 2.45) is 0 Å². The van der Waals surface area contributed by atoms with Gasteiger partial charge in [-0.25, -0.2) is 4.79 Å². The number of ether oxygens (including phenoxy) is 1. The predicted molar refractivity (Wildman–Crippen MR) is 79.5 cm³/mol. The third kappa shape index (κ3) is 2.60. The number of carboxylic acid groups (broad SMARTS) is 1. The Morgan fingerprint density at radius 2 is 2.00 bits per heavy atom. The lowest BCUT2D eigenvalue weighted by Crippen LogP contribution is -2.12. The molecule has 4 nitrogen and oxygen atoms in total. The number of nitrogens with one attached hydrogen (secondary N) is 1. The number of hydrogen-bond donors (Lipinski definition) is 2. The molecule has 21 heavy (non-hydrogen) atoms. The van der Waals surface area contributed by atoms with Crippen LogP contribution in [0.3, 0.4) is 0 Å². The second kappa shape index (κ2) is 5.32. The first-order valence-electron chi connectivity index (χ1n) is 6.67. The molecular weight excluding hydrogens is 266 g/mol. The fraction of sp³-hybridized carbons (Fsp3) is 0.118. The molecule has 0 spiro atoms. The zero-order valence-corrected chi connectivity index (χ0v) is 11.5. The van der Waals surface area contributed by atoms with Crippen molar-refractivity contribution in [1.82, 2.24) is 5.32 Å². The van der Waals surface area contributed by atoms with Gasteiger partial charge in [-0.1, -0.05) is 36.4 Å². The topological polar surface area (TPSA) is 58.6 Å². The van der Waals surface area contributed by atoms with Gasteiger partial charge in [0.05, 0.1) is 5.56 Å². The molecule has 1 aliphatic heterocycles. The van der Waals surface area contributed by atoms with Gasteiger partial charge in [0, 0.05) is 17.3 Å². The highest BCUT2D eigenvalue weighted by Crippen LogP contribution is 2.30. The number of aromatic carboxylic acids is 1. The SMILES string of the molecule is Cc1ccccc1C1=CNC(c2cccc(C(=O)O)c2)O1. The van der Waals surface area contributed by atoms with Gasteiger partial charge in [-0.15, -0.1) is 0 Å². The third-order valence-corrected chi connectivity index (χ3v) is 3.46. The van der Waals surface area contributed by atoms with Crippen LogP contribution in [0.25, 0.3) is 5.76 Å². The quantitative estimate of drug-likeness (QED) is 0.906. The number of rotatable bonds is 3. The Bertz CT molecular complexity index is 721. The van der Waals surface area contributed by atoms with E-state index in [1.807, 2.05) is 43.5 Å². The van der Waals surface area contributed by atoms with Crippen molar-refractivity contribution in [2.45, 2.75) is 13.2 Å². The van der Waals surface area contributed by atoms with Crippen LogP contribution in [0, 0.1) is 6.92 Å². The van der Waals surface area contributed by atoms with Gasteiger partial charge >= 0.3 is 5.97 Å². The maximum atomic E-state index is 11.0. The van der Waals surface area contributed by atoms with Gasteiger partial charge in [0.1, 0.15) is 5.76 Å². The zero-order valence-electron chi connectivity index (χ0n) is 11.5. The number of hydrogen-bond acceptors (Lipinski definition) is 3. The maximum absolute atomic E-state index is 11.0. The second-order valence-electron chi connectivity index (χ2n) is 4.92. The molecule has 0 bridgehead atoms. The van der Waals surface area contributed by atoms with Crippen molar-refractivity contribution in [3.8, 4) is 0 Å². The van der Waals surface area contributed by atoms with Crippen LogP contribution in [-0.2, 0) is 4.74 Å². The smallest absolute Gasteiger partial charge is 0.335 e. The summed E-state index contributed by atoms with van der Waals surface area (Å²) < 4.78 is 5.91. The Morgan fingerprint density at radius 3 is 2.76 bits per heavy atom. The van der Waals surface area contributed by atoms with Crippen LogP contribution in [0.1, 0.15) is 33.3 Å². The van der Waals surface area contributed by atoms with Crippen LogP contribution in [0.15, 0.2) is 54.7 Å². The summed E-state index contributed by atoms with van der Waals surface area (Å²) in [6.45, 7) is 2.03. The molecule has 2 aromatic carbocycles. The third-order valence-electron chi connectivity index (χ3n) is 3.46. The van der Waals surface area contributed by atoms with Crippen molar-refractivity contribution in [3.05, 3.63) is 77.0 Å². The molecule has 106 valence electrons. The van der Waals surface area contributed by atoms with E-state index in [4.69, 9.17) is 9.84 Å². The molecule has 0 aromatic heterocycles. The van der Waals surface area contributed by atoms with Crippen molar-refractivity contribution in [2.75, 3.05) is 0 Å². The van der Waals surface area contributed by atoms with E-state index in [1.165, 1.54) is 0 Å². The Balaban J connectivity index is 1.82. The summed E-state index contributed by atoms with van der Waals surface area (Å²) in [5.41, 5.74) is 3.20. The Morgan fingerprint density at radius 1 is 1.19 bits per heavy atom. The molecule has 4 heteroatoms. The monoisotopic (exact) mass is 281 g/mol. The lowest BCUT2D eigenvalue weighted by atomic mass is 10.1. The summed E-state index contributed by atoms with van der Waals surface area (Å²) >= 11 is 0. The number of aryl methyl sites for hydroxylation is 1. The van der Waals surface area contributed by atoms with Crippen LogP contribution < -0.4 is 5.32 Å². The van der Waals surface area contributed by atoms with E-state index in [0.29, 0.717) is 0 Å². The number of benzene rings is 2. The Kier molecular flexibility index (Phi) is 3.36. The largest absolute Gasteiger partial charge is 0.478 e. The lowest BCUT2D eigenvalue weighted by molar-refractivity contribution is 0.0696. The van der Waals surface area contributed by atoms with Crippen LogP contribution in [-0.4, -0.2) is 11.1 Å². The fourth-order valence-electron chi connectivity index (χ4n) is 2.34. The van der Waals surface area contributed by atoms with Crippen LogP contribution in [0.2, 0.25) is 0 Å². The standard InChI is InChI=1S/C17H15NO3/c1-11-5-2-3-8-14(11)15-10-18-16(21-15)12-6-4-7-13(9-12)17(19)20/h2-10,16,18H,1H3,(H,19,20). The Labute approximate surface area is 122 Å². The van der Waals surface area contributed by atoms with E-state index in [9.17, 15) is 4.79 Å². The average molecular weight is 281 g/mol. The minimum absolute atomic E-state index is 0.252. The highest BCUT2D eigenvalue weighted by atomic mass is 16.5. The van der Waals surface area contributed by atoms with Crippen LogP contribution in [0.5, 0.6) is 0 Å². The van der Waals surface area contributed by atoms with Gasteiger partial charge in [-0.2, -0.15) is 0 Å². The molecule has 2 N–H and O–H groups in total. The van der Waals surface area contributed by atoms with E-state index in [-0.39, 0.29) is 11.8 Å². The van der Waals surface area contributed by atoms with Crippen molar-refractivity contribution < 1.29 is 14.6 Å². The van der Waals surface area contributed by atoms with Crippen LogP contribution in [0.4, 0.5) is 0 Å². The first kappa shape index (κ1) is 13.2. The summed E-state index contributed by atoms with van der Waals surface area (Å²) in [4.78, 5) is 11.0.